The Balaban J connectivity index is 1.64. The van der Waals surface area contributed by atoms with Gasteiger partial charge < -0.3 is 16.4 Å². The van der Waals surface area contributed by atoms with Crippen molar-refractivity contribution in [1.82, 2.24) is 9.97 Å². The third-order valence-electron chi connectivity index (χ3n) is 5.44. The summed E-state index contributed by atoms with van der Waals surface area (Å²) < 4.78 is 0. The van der Waals surface area contributed by atoms with E-state index in [0.717, 1.165) is 31.7 Å². The first-order valence-electron chi connectivity index (χ1n) is 8.08. The third-order valence-corrected chi connectivity index (χ3v) is 6.07. The van der Waals surface area contributed by atoms with Crippen molar-refractivity contribution >= 4 is 34.8 Å². The average molecular weight is 364 g/mol. The highest BCUT2D eigenvalue weighted by Gasteiger charge is 2.49. The second kappa shape index (κ2) is 5.76. The molecule has 1 aliphatic heterocycles. The Morgan fingerprint density at radius 1 is 1.21 bits per heavy atom. The molecule has 1 aromatic heterocycles. The van der Waals surface area contributed by atoms with E-state index >= 15 is 0 Å². The molecule has 2 aliphatic rings. The molecule has 7 heteroatoms. The monoisotopic (exact) mass is 363 g/mol. The maximum Gasteiger partial charge on any atom is 0.152 e. The summed E-state index contributed by atoms with van der Waals surface area (Å²) in [6.45, 7) is 1.86. The number of anilines is 2. The number of hydrogen-bond acceptors (Lipinski definition) is 5. The lowest BCUT2D eigenvalue weighted by atomic mass is 9.64. The minimum atomic E-state index is 0.251. The van der Waals surface area contributed by atoms with Crippen molar-refractivity contribution in [3.63, 3.8) is 0 Å². The predicted molar refractivity (Wildman–Crippen MR) is 98.4 cm³/mol. The van der Waals surface area contributed by atoms with E-state index in [9.17, 15) is 0 Å². The largest absolute Gasteiger partial charge is 0.382 e. The minimum absolute atomic E-state index is 0.251. The normalized spacial score (nSPS) is 26.0. The quantitative estimate of drug-likeness (QED) is 0.854. The van der Waals surface area contributed by atoms with Crippen molar-refractivity contribution in [1.29, 1.82) is 0 Å². The Kier molecular flexibility index (Phi) is 3.82. The summed E-state index contributed by atoms with van der Waals surface area (Å²) in [6.07, 6.45) is 5.16. The fourth-order valence-corrected chi connectivity index (χ4v) is 4.36. The van der Waals surface area contributed by atoms with Gasteiger partial charge in [0, 0.05) is 30.1 Å². The van der Waals surface area contributed by atoms with Crippen LogP contribution in [0.3, 0.4) is 0 Å². The smallest absolute Gasteiger partial charge is 0.152 e. The molecule has 2 atom stereocenters. The van der Waals surface area contributed by atoms with Gasteiger partial charge in [0.2, 0.25) is 0 Å². The van der Waals surface area contributed by atoms with Gasteiger partial charge in [-0.1, -0.05) is 29.3 Å². The van der Waals surface area contributed by atoms with Crippen LogP contribution in [-0.4, -0.2) is 29.1 Å². The molecule has 126 valence electrons. The Hall–Kier alpha value is -1.56. The van der Waals surface area contributed by atoms with Crippen LogP contribution in [-0.2, 0) is 0 Å². The molecule has 5 nitrogen and oxygen atoms in total. The van der Waals surface area contributed by atoms with Gasteiger partial charge in [0.15, 0.2) is 5.82 Å². The standard InChI is InChI=1S/C17H19Cl2N5/c18-10-2-1-3-11(19)14(10)15-16(21)23-13(8-22-15)24-7-6-17(9-24)5-4-12(17)20/h1-3,8,12H,4-7,9,20H2,(H2,21,23)/t12-,17+/m0/s1. The van der Waals surface area contributed by atoms with Crippen LogP contribution in [0.25, 0.3) is 11.3 Å². The summed E-state index contributed by atoms with van der Waals surface area (Å²) in [5.41, 5.74) is 13.8. The van der Waals surface area contributed by atoms with E-state index in [1.165, 1.54) is 6.42 Å². The number of hydrogen-bond donors (Lipinski definition) is 2. The summed E-state index contributed by atoms with van der Waals surface area (Å²) in [7, 11) is 0. The van der Waals surface area contributed by atoms with Gasteiger partial charge in [-0.25, -0.2) is 9.97 Å². The van der Waals surface area contributed by atoms with Crippen LogP contribution in [0.5, 0.6) is 0 Å². The number of halogens is 2. The summed E-state index contributed by atoms with van der Waals surface area (Å²) in [5.74, 6) is 1.12. The molecular formula is C17H19Cl2N5. The zero-order valence-electron chi connectivity index (χ0n) is 13.2. The van der Waals surface area contributed by atoms with Crippen LogP contribution in [0.2, 0.25) is 10.0 Å². The molecule has 0 unspecified atom stereocenters. The summed E-state index contributed by atoms with van der Waals surface area (Å²) in [5, 5.41) is 1.02. The number of aromatic nitrogens is 2. The highest BCUT2D eigenvalue weighted by molar-refractivity contribution is 6.39. The first-order chi connectivity index (χ1) is 11.5. The second-order valence-corrected chi connectivity index (χ2v) is 7.55. The fourth-order valence-electron chi connectivity index (χ4n) is 3.78. The molecule has 1 saturated heterocycles. The molecule has 2 aromatic rings. The summed E-state index contributed by atoms with van der Waals surface area (Å²) >= 11 is 12.5. The molecule has 24 heavy (non-hydrogen) atoms. The number of nitrogens with two attached hydrogens (primary N) is 2. The molecule has 2 heterocycles. The number of benzene rings is 1. The predicted octanol–water partition coefficient (Wildman–Crippen LogP) is 3.35. The Morgan fingerprint density at radius 3 is 2.50 bits per heavy atom. The molecule has 1 spiro atoms. The van der Waals surface area contributed by atoms with Gasteiger partial charge in [-0.2, -0.15) is 0 Å². The van der Waals surface area contributed by atoms with Gasteiger partial charge in [-0.3, -0.25) is 0 Å². The van der Waals surface area contributed by atoms with Gasteiger partial charge in [-0.05, 0) is 31.4 Å². The number of nitrogen functional groups attached to an aromatic ring is 1. The molecule has 0 radical (unpaired) electrons. The maximum atomic E-state index is 6.25. The van der Waals surface area contributed by atoms with Crippen molar-refractivity contribution in [3.05, 3.63) is 34.4 Å². The highest BCUT2D eigenvalue weighted by atomic mass is 35.5. The van der Waals surface area contributed by atoms with Gasteiger partial charge in [-0.15, -0.1) is 0 Å². The van der Waals surface area contributed by atoms with Crippen molar-refractivity contribution in [2.24, 2.45) is 11.1 Å². The van der Waals surface area contributed by atoms with Crippen molar-refractivity contribution in [2.45, 2.75) is 25.3 Å². The Labute approximate surface area is 151 Å². The zero-order valence-corrected chi connectivity index (χ0v) is 14.7. The Bertz CT molecular complexity index is 776. The second-order valence-electron chi connectivity index (χ2n) is 6.74. The van der Waals surface area contributed by atoms with Gasteiger partial charge in [0.1, 0.15) is 11.5 Å². The van der Waals surface area contributed by atoms with Crippen LogP contribution < -0.4 is 16.4 Å². The fraction of sp³-hybridized carbons (Fsp3) is 0.412. The van der Waals surface area contributed by atoms with E-state index < -0.39 is 0 Å². The van der Waals surface area contributed by atoms with Crippen LogP contribution in [0.4, 0.5) is 11.6 Å². The molecule has 1 saturated carbocycles. The lowest BCUT2D eigenvalue weighted by Crippen LogP contribution is -2.52. The lowest BCUT2D eigenvalue weighted by Gasteiger charge is -2.44. The molecule has 4 N–H and O–H groups in total. The lowest BCUT2D eigenvalue weighted by molar-refractivity contribution is 0.122. The first kappa shape index (κ1) is 15.9. The Morgan fingerprint density at radius 2 is 1.96 bits per heavy atom. The molecule has 1 aromatic carbocycles. The van der Waals surface area contributed by atoms with E-state index in [-0.39, 0.29) is 5.41 Å². The van der Waals surface area contributed by atoms with E-state index in [1.807, 2.05) is 0 Å². The minimum Gasteiger partial charge on any atom is -0.382 e. The molecule has 0 bridgehead atoms. The van der Waals surface area contributed by atoms with E-state index in [0.29, 0.717) is 33.2 Å². The van der Waals surface area contributed by atoms with E-state index in [1.54, 1.807) is 24.4 Å². The summed E-state index contributed by atoms with van der Waals surface area (Å²) in [4.78, 5) is 11.3. The highest BCUT2D eigenvalue weighted by Crippen LogP contribution is 2.48. The zero-order chi connectivity index (χ0) is 16.9. The number of nitrogens with zero attached hydrogens (tertiary/aromatic N) is 3. The van der Waals surface area contributed by atoms with Gasteiger partial charge in [0.25, 0.3) is 0 Å². The van der Waals surface area contributed by atoms with Gasteiger partial charge in [0.05, 0.1) is 16.2 Å². The van der Waals surface area contributed by atoms with Crippen molar-refractivity contribution < 1.29 is 0 Å². The molecule has 1 aliphatic carbocycles. The maximum absolute atomic E-state index is 6.25. The van der Waals surface area contributed by atoms with Crippen molar-refractivity contribution in [2.75, 3.05) is 23.7 Å². The molecule has 2 fully saturated rings. The summed E-state index contributed by atoms with van der Waals surface area (Å²) in [6, 6.07) is 5.62. The molecular weight excluding hydrogens is 345 g/mol. The molecule has 0 amide bonds. The molecule has 4 rings (SSSR count). The van der Waals surface area contributed by atoms with Crippen LogP contribution in [0, 0.1) is 5.41 Å². The van der Waals surface area contributed by atoms with Crippen LogP contribution in [0.1, 0.15) is 19.3 Å². The van der Waals surface area contributed by atoms with Crippen molar-refractivity contribution in [3.8, 4) is 11.3 Å². The third kappa shape index (κ3) is 2.42. The average Bonchev–Trinajstić information content (AvgIpc) is 3.02. The van der Waals surface area contributed by atoms with Gasteiger partial charge >= 0.3 is 0 Å². The van der Waals surface area contributed by atoms with Crippen LogP contribution in [0.15, 0.2) is 24.4 Å². The van der Waals surface area contributed by atoms with E-state index in [2.05, 4.69) is 14.9 Å². The van der Waals surface area contributed by atoms with E-state index in [4.69, 9.17) is 34.7 Å². The first-order valence-corrected chi connectivity index (χ1v) is 8.83. The SMILES string of the molecule is Nc1nc(N2CC[C@]3(CC[C@@H]3N)C2)cnc1-c1c(Cl)cccc1Cl. The topological polar surface area (TPSA) is 81.1 Å². The number of rotatable bonds is 2. The van der Waals surface area contributed by atoms with Crippen LogP contribution >= 0.6 is 23.2 Å².